The molecule has 0 radical (unpaired) electrons. The molecule has 3 aromatic heterocycles. The minimum absolute atomic E-state index is 0.279. The molecule has 0 amide bonds. The Labute approximate surface area is 112 Å². The molecule has 3 rings (SSSR count). The summed E-state index contributed by atoms with van der Waals surface area (Å²) < 4.78 is 3.63. The molecule has 0 aliphatic heterocycles. The van der Waals surface area contributed by atoms with Crippen molar-refractivity contribution in [3.8, 4) is 0 Å². The van der Waals surface area contributed by atoms with E-state index in [1.165, 1.54) is 0 Å². The highest BCUT2D eigenvalue weighted by Crippen LogP contribution is 2.16. The third-order valence-electron chi connectivity index (χ3n) is 3.05. The van der Waals surface area contributed by atoms with Crippen LogP contribution in [-0.4, -0.2) is 30.2 Å². The molecule has 1 N–H and O–H groups in total. The number of imidazole rings is 1. The van der Waals surface area contributed by atoms with Gasteiger partial charge in [-0.25, -0.2) is 9.78 Å². The summed E-state index contributed by atoms with van der Waals surface area (Å²) in [6.07, 6.45) is 3.88. The zero-order chi connectivity index (χ0) is 13.6. The van der Waals surface area contributed by atoms with Crippen molar-refractivity contribution in [2.24, 2.45) is 0 Å². The van der Waals surface area contributed by atoms with Crippen LogP contribution in [0.1, 0.15) is 27.4 Å². The van der Waals surface area contributed by atoms with Crippen molar-refractivity contribution in [2.45, 2.75) is 20.4 Å². The zero-order valence-corrected chi connectivity index (χ0v) is 11.3. The highest BCUT2D eigenvalue weighted by Gasteiger charge is 2.18. The van der Waals surface area contributed by atoms with E-state index >= 15 is 0 Å². The molecule has 0 spiro atoms. The Morgan fingerprint density at radius 2 is 2.26 bits per heavy atom. The summed E-state index contributed by atoms with van der Waals surface area (Å²) in [6.45, 7) is 3.95. The van der Waals surface area contributed by atoms with Gasteiger partial charge in [-0.05, 0) is 13.8 Å². The summed E-state index contributed by atoms with van der Waals surface area (Å²) in [5.74, 6) is -0.938. The highest BCUT2D eigenvalue weighted by molar-refractivity contribution is 7.15. The monoisotopic (exact) mass is 276 g/mol. The molecule has 0 saturated heterocycles. The molecule has 0 bridgehead atoms. The molecule has 98 valence electrons. The number of aryl methyl sites for hydroxylation is 1. The predicted molar refractivity (Wildman–Crippen MR) is 70.8 cm³/mol. The summed E-state index contributed by atoms with van der Waals surface area (Å²) in [5, 5.41) is 15.4. The number of carboxylic acids is 1. The van der Waals surface area contributed by atoms with E-state index in [0.717, 1.165) is 10.7 Å². The number of thiazole rings is 1. The molecule has 0 saturated carbocycles. The third kappa shape index (κ3) is 1.91. The minimum Gasteiger partial charge on any atom is -0.478 e. The second-order valence-corrected chi connectivity index (χ2v) is 5.21. The van der Waals surface area contributed by atoms with Crippen LogP contribution in [0.15, 0.2) is 17.8 Å². The smallest absolute Gasteiger partial charge is 0.339 e. The van der Waals surface area contributed by atoms with Crippen molar-refractivity contribution in [3.05, 3.63) is 40.4 Å². The van der Waals surface area contributed by atoms with E-state index in [1.54, 1.807) is 29.9 Å². The van der Waals surface area contributed by atoms with Crippen LogP contribution in [0.5, 0.6) is 0 Å². The van der Waals surface area contributed by atoms with Crippen LogP contribution < -0.4 is 0 Å². The van der Waals surface area contributed by atoms with Crippen LogP contribution in [-0.2, 0) is 6.54 Å². The lowest BCUT2D eigenvalue weighted by Gasteiger charge is -2.01. The molecular formula is C12H12N4O2S. The van der Waals surface area contributed by atoms with E-state index in [-0.39, 0.29) is 5.56 Å². The van der Waals surface area contributed by atoms with Crippen LogP contribution in [0, 0.1) is 13.8 Å². The number of hydrogen-bond donors (Lipinski definition) is 1. The van der Waals surface area contributed by atoms with Gasteiger partial charge in [0.2, 0.25) is 0 Å². The van der Waals surface area contributed by atoms with E-state index in [0.29, 0.717) is 17.9 Å². The molecule has 7 heteroatoms. The molecule has 19 heavy (non-hydrogen) atoms. The Hall–Kier alpha value is -2.15. The van der Waals surface area contributed by atoms with E-state index in [4.69, 9.17) is 5.11 Å². The molecular weight excluding hydrogens is 264 g/mol. The van der Waals surface area contributed by atoms with Crippen LogP contribution in [0.3, 0.4) is 0 Å². The number of fused-ring (bicyclic) bond motifs is 1. The first-order chi connectivity index (χ1) is 9.06. The molecule has 3 heterocycles. The lowest BCUT2D eigenvalue weighted by atomic mass is 10.2. The summed E-state index contributed by atoms with van der Waals surface area (Å²) in [6, 6.07) is 0. The van der Waals surface area contributed by atoms with Crippen LogP contribution >= 0.6 is 11.3 Å². The second kappa shape index (κ2) is 4.20. The lowest BCUT2D eigenvalue weighted by molar-refractivity contribution is 0.0695. The maximum Gasteiger partial charge on any atom is 0.339 e. The zero-order valence-electron chi connectivity index (χ0n) is 10.5. The fourth-order valence-electron chi connectivity index (χ4n) is 2.17. The lowest BCUT2D eigenvalue weighted by Crippen LogP contribution is -2.06. The topological polar surface area (TPSA) is 72.4 Å². The standard InChI is InChI=1S/C12H12N4O2S/c1-7-10(11(17)18)8(2)16(14-7)6-9-5-15-3-4-19-12(15)13-9/h3-5H,6H2,1-2H3,(H,17,18). The average molecular weight is 276 g/mol. The summed E-state index contributed by atoms with van der Waals surface area (Å²) in [4.78, 5) is 16.5. The van der Waals surface area contributed by atoms with Crippen LogP contribution in [0.25, 0.3) is 4.96 Å². The van der Waals surface area contributed by atoms with E-state index < -0.39 is 5.97 Å². The van der Waals surface area contributed by atoms with Crippen molar-refractivity contribution in [1.82, 2.24) is 19.2 Å². The SMILES string of the molecule is Cc1nn(Cc2cn3ccsc3n2)c(C)c1C(=O)O. The van der Waals surface area contributed by atoms with Crippen LogP contribution in [0.4, 0.5) is 0 Å². The largest absolute Gasteiger partial charge is 0.478 e. The molecule has 3 aromatic rings. The van der Waals surface area contributed by atoms with Gasteiger partial charge < -0.3 is 5.11 Å². The Kier molecular flexibility index (Phi) is 2.63. The Bertz CT molecular complexity index is 739. The normalized spacial score (nSPS) is 11.3. The van der Waals surface area contributed by atoms with Crippen molar-refractivity contribution < 1.29 is 9.90 Å². The number of aromatic nitrogens is 4. The molecule has 0 aromatic carbocycles. The van der Waals surface area contributed by atoms with E-state index in [2.05, 4.69) is 10.1 Å². The summed E-state index contributed by atoms with van der Waals surface area (Å²) in [7, 11) is 0. The number of carboxylic acid groups (broad SMARTS) is 1. The number of aromatic carboxylic acids is 1. The number of rotatable bonds is 3. The Balaban J connectivity index is 1.97. The number of nitrogens with zero attached hydrogens (tertiary/aromatic N) is 4. The third-order valence-corrected chi connectivity index (χ3v) is 3.82. The summed E-state index contributed by atoms with van der Waals surface area (Å²) in [5.41, 5.74) is 2.34. The van der Waals surface area contributed by atoms with Crippen molar-refractivity contribution in [2.75, 3.05) is 0 Å². The average Bonchev–Trinajstić information content (AvgIpc) is 2.93. The molecule has 0 aliphatic carbocycles. The fourth-order valence-corrected chi connectivity index (χ4v) is 2.89. The van der Waals surface area contributed by atoms with Crippen molar-refractivity contribution in [1.29, 1.82) is 0 Å². The molecule has 0 unspecified atom stereocenters. The van der Waals surface area contributed by atoms with E-state index in [9.17, 15) is 4.79 Å². The van der Waals surface area contributed by atoms with Gasteiger partial charge >= 0.3 is 5.97 Å². The molecule has 6 nitrogen and oxygen atoms in total. The predicted octanol–water partition coefficient (Wildman–Crippen LogP) is 1.96. The van der Waals surface area contributed by atoms with Gasteiger partial charge in [0, 0.05) is 17.8 Å². The number of hydrogen-bond acceptors (Lipinski definition) is 4. The highest BCUT2D eigenvalue weighted by atomic mass is 32.1. The molecule has 0 atom stereocenters. The van der Waals surface area contributed by atoms with Gasteiger partial charge in [0.1, 0.15) is 5.56 Å². The van der Waals surface area contributed by atoms with Gasteiger partial charge in [-0.15, -0.1) is 11.3 Å². The molecule has 0 fully saturated rings. The van der Waals surface area contributed by atoms with Gasteiger partial charge in [-0.1, -0.05) is 0 Å². The Morgan fingerprint density at radius 1 is 1.47 bits per heavy atom. The summed E-state index contributed by atoms with van der Waals surface area (Å²) >= 11 is 1.56. The first kappa shape index (κ1) is 11.9. The first-order valence-electron chi connectivity index (χ1n) is 5.74. The van der Waals surface area contributed by atoms with Crippen molar-refractivity contribution >= 4 is 22.3 Å². The van der Waals surface area contributed by atoms with Crippen LogP contribution in [0.2, 0.25) is 0 Å². The van der Waals surface area contributed by atoms with Gasteiger partial charge in [0.25, 0.3) is 0 Å². The van der Waals surface area contributed by atoms with Gasteiger partial charge in [0.15, 0.2) is 4.96 Å². The Morgan fingerprint density at radius 3 is 2.89 bits per heavy atom. The fraction of sp³-hybridized carbons (Fsp3) is 0.250. The molecule has 0 aliphatic rings. The van der Waals surface area contributed by atoms with Gasteiger partial charge in [-0.3, -0.25) is 9.08 Å². The van der Waals surface area contributed by atoms with Crippen molar-refractivity contribution in [3.63, 3.8) is 0 Å². The maximum atomic E-state index is 11.1. The second-order valence-electron chi connectivity index (χ2n) is 4.33. The number of carbonyl (C=O) groups is 1. The van der Waals surface area contributed by atoms with Gasteiger partial charge in [-0.2, -0.15) is 5.10 Å². The first-order valence-corrected chi connectivity index (χ1v) is 6.62. The minimum atomic E-state index is -0.938. The van der Waals surface area contributed by atoms with E-state index in [1.807, 2.05) is 22.2 Å². The quantitative estimate of drug-likeness (QED) is 0.793. The van der Waals surface area contributed by atoms with Gasteiger partial charge in [0.05, 0.1) is 23.6 Å². The maximum absolute atomic E-state index is 11.1.